The lowest BCUT2D eigenvalue weighted by molar-refractivity contribution is -0.162. The molecule has 4 amide bonds. The van der Waals surface area contributed by atoms with Crippen LogP contribution in [0.25, 0.3) is 0 Å². The maximum atomic E-state index is 12.6. The quantitative estimate of drug-likeness (QED) is 0.766. The number of carbonyl (C=O) groups excluding carboxylic acids is 4. The monoisotopic (exact) mass is 407 g/mol. The van der Waals surface area contributed by atoms with Crippen LogP contribution in [0, 0.1) is 5.92 Å². The van der Waals surface area contributed by atoms with Gasteiger partial charge in [0.15, 0.2) is 6.10 Å². The number of benzene rings is 1. The third-order valence-electron chi connectivity index (χ3n) is 4.90. The smallest absolute Gasteiger partial charge is 0.324 e. The van der Waals surface area contributed by atoms with Gasteiger partial charge in [-0.3, -0.25) is 19.3 Å². The molecule has 0 bridgehead atoms. The summed E-state index contributed by atoms with van der Waals surface area (Å²) in [6, 6.07) is 6.10. The molecule has 0 aliphatic carbocycles. The summed E-state index contributed by atoms with van der Waals surface area (Å²) in [6.45, 7) is 2.87. The molecule has 0 radical (unpaired) electrons. The first-order chi connectivity index (χ1) is 13.4. The number of likely N-dealkylation sites (tertiary alicyclic amines) is 1. The molecule has 2 aliphatic heterocycles. The fourth-order valence-electron chi connectivity index (χ4n) is 3.35. The van der Waals surface area contributed by atoms with E-state index in [1.165, 1.54) is 6.92 Å². The second-order valence-corrected chi connectivity index (χ2v) is 7.33. The first kappa shape index (κ1) is 20.1. The van der Waals surface area contributed by atoms with Crippen LogP contribution in [-0.4, -0.2) is 65.9 Å². The van der Waals surface area contributed by atoms with Gasteiger partial charge in [-0.15, -0.1) is 0 Å². The Hall–Kier alpha value is -2.61. The van der Waals surface area contributed by atoms with Gasteiger partial charge < -0.3 is 15.0 Å². The number of halogens is 1. The van der Waals surface area contributed by atoms with Crippen molar-refractivity contribution in [3.63, 3.8) is 0 Å². The molecule has 2 saturated heterocycles. The van der Waals surface area contributed by atoms with E-state index in [2.05, 4.69) is 5.32 Å². The molecule has 8 nitrogen and oxygen atoms in total. The lowest BCUT2D eigenvalue weighted by Gasteiger charge is -2.32. The molecule has 1 aromatic carbocycles. The number of carbonyl (C=O) groups is 4. The van der Waals surface area contributed by atoms with E-state index in [0.717, 1.165) is 4.90 Å². The average molecular weight is 408 g/mol. The van der Waals surface area contributed by atoms with E-state index in [-0.39, 0.29) is 19.0 Å². The molecule has 0 spiro atoms. The fraction of sp³-hybridized carbons (Fsp3) is 0.474. The molecular formula is C19H22ClN3O5. The molecule has 1 N–H and O–H groups in total. The van der Waals surface area contributed by atoms with Crippen LogP contribution in [0.2, 0.25) is 5.02 Å². The highest BCUT2D eigenvalue weighted by molar-refractivity contribution is 6.30. The van der Waals surface area contributed by atoms with Gasteiger partial charge in [-0.2, -0.15) is 0 Å². The molecule has 1 aromatic rings. The molecule has 0 unspecified atom stereocenters. The topological polar surface area (TPSA) is 96.0 Å². The first-order valence-corrected chi connectivity index (χ1v) is 9.59. The van der Waals surface area contributed by atoms with Crippen LogP contribution in [0.1, 0.15) is 30.1 Å². The number of piperidine rings is 1. The molecule has 2 heterocycles. The molecule has 28 heavy (non-hydrogen) atoms. The van der Waals surface area contributed by atoms with Crippen molar-refractivity contribution in [2.24, 2.45) is 5.92 Å². The Labute approximate surface area is 167 Å². The Balaban J connectivity index is 1.58. The van der Waals surface area contributed by atoms with E-state index in [1.54, 1.807) is 29.2 Å². The van der Waals surface area contributed by atoms with Gasteiger partial charge in [0.25, 0.3) is 11.8 Å². The van der Waals surface area contributed by atoms with E-state index in [4.69, 9.17) is 16.3 Å². The summed E-state index contributed by atoms with van der Waals surface area (Å²) in [5.74, 6) is -1.76. The summed E-state index contributed by atoms with van der Waals surface area (Å²) in [6.07, 6.45) is 0.184. The molecule has 2 fully saturated rings. The minimum Gasteiger partial charge on any atom is -0.452 e. The van der Waals surface area contributed by atoms with E-state index < -0.39 is 29.9 Å². The number of imide groups is 1. The van der Waals surface area contributed by atoms with E-state index >= 15 is 0 Å². The van der Waals surface area contributed by atoms with Crippen molar-refractivity contribution in [3.8, 4) is 0 Å². The normalized spacial score (nSPS) is 20.5. The zero-order valence-electron chi connectivity index (χ0n) is 15.5. The van der Waals surface area contributed by atoms with Gasteiger partial charge in [-0.05, 0) is 44.0 Å². The van der Waals surface area contributed by atoms with E-state index in [1.807, 2.05) is 0 Å². The van der Waals surface area contributed by atoms with Gasteiger partial charge >= 0.3 is 12.0 Å². The molecule has 150 valence electrons. The summed E-state index contributed by atoms with van der Waals surface area (Å²) in [5.41, 5.74) is 0.502. The van der Waals surface area contributed by atoms with Crippen LogP contribution in [0.4, 0.5) is 4.79 Å². The van der Waals surface area contributed by atoms with Gasteiger partial charge in [-0.25, -0.2) is 4.79 Å². The second-order valence-electron chi connectivity index (χ2n) is 6.90. The van der Waals surface area contributed by atoms with Crippen LogP contribution in [0.15, 0.2) is 24.3 Å². The molecule has 0 aromatic heterocycles. The van der Waals surface area contributed by atoms with Gasteiger partial charge in [0.2, 0.25) is 0 Å². The maximum Gasteiger partial charge on any atom is 0.324 e. The van der Waals surface area contributed by atoms with Crippen molar-refractivity contribution >= 4 is 35.4 Å². The van der Waals surface area contributed by atoms with Gasteiger partial charge in [0, 0.05) is 36.8 Å². The Bertz CT molecular complexity index is 782. The number of nitrogens with one attached hydrogen (secondary N) is 1. The summed E-state index contributed by atoms with van der Waals surface area (Å²) in [4.78, 5) is 51.7. The van der Waals surface area contributed by atoms with Crippen LogP contribution >= 0.6 is 11.6 Å². The largest absolute Gasteiger partial charge is 0.452 e. The number of rotatable bonds is 4. The maximum absolute atomic E-state index is 12.6. The summed E-state index contributed by atoms with van der Waals surface area (Å²) >= 11 is 5.85. The standard InChI is InChI=1S/C19H22ClN3O5/c1-12(16(24)23-10-8-21-19(23)27)28-18(26)14-3-2-9-22(11-14)17(25)13-4-6-15(20)7-5-13/h4-7,12,14H,2-3,8-11H2,1H3,(H,21,27)/t12-,14-/m0/s1. The minimum absolute atomic E-state index is 0.174. The van der Waals surface area contributed by atoms with Crippen molar-refractivity contribution in [3.05, 3.63) is 34.9 Å². The van der Waals surface area contributed by atoms with Crippen molar-refractivity contribution in [1.29, 1.82) is 0 Å². The third kappa shape index (κ3) is 4.44. The molecule has 3 rings (SSSR count). The van der Waals surface area contributed by atoms with Crippen LogP contribution < -0.4 is 5.32 Å². The van der Waals surface area contributed by atoms with E-state index in [9.17, 15) is 19.2 Å². The van der Waals surface area contributed by atoms with Gasteiger partial charge in [0.05, 0.1) is 5.92 Å². The zero-order chi connectivity index (χ0) is 20.3. The predicted octanol–water partition coefficient (Wildman–Crippen LogP) is 1.68. The average Bonchev–Trinajstić information content (AvgIpc) is 3.13. The minimum atomic E-state index is -1.06. The van der Waals surface area contributed by atoms with Gasteiger partial charge in [-0.1, -0.05) is 11.6 Å². The predicted molar refractivity (Wildman–Crippen MR) is 101 cm³/mol. The highest BCUT2D eigenvalue weighted by atomic mass is 35.5. The summed E-state index contributed by atoms with van der Waals surface area (Å²) < 4.78 is 5.30. The summed E-state index contributed by atoms with van der Waals surface area (Å²) in [5, 5.41) is 3.08. The third-order valence-corrected chi connectivity index (χ3v) is 5.15. The number of nitrogens with zero attached hydrogens (tertiary/aromatic N) is 2. The first-order valence-electron chi connectivity index (χ1n) is 9.21. The Morgan fingerprint density at radius 3 is 2.57 bits per heavy atom. The molecular weight excluding hydrogens is 386 g/mol. The molecule has 2 aliphatic rings. The van der Waals surface area contributed by atoms with Crippen LogP contribution in [0.3, 0.4) is 0 Å². The van der Waals surface area contributed by atoms with Crippen molar-refractivity contribution < 1.29 is 23.9 Å². The Kier molecular flexibility index (Phi) is 6.18. The lowest BCUT2D eigenvalue weighted by atomic mass is 9.97. The number of hydrogen-bond donors (Lipinski definition) is 1. The Morgan fingerprint density at radius 1 is 1.21 bits per heavy atom. The van der Waals surface area contributed by atoms with Crippen molar-refractivity contribution in [2.45, 2.75) is 25.9 Å². The van der Waals surface area contributed by atoms with Crippen molar-refractivity contribution in [2.75, 3.05) is 26.2 Å². The number of hydrogen-bond acceptors (Lipinski definition) is 5. The number of amides is 4. The number of urea groups is 1. The molecule has 0 saturated carbocycles. The fourth-order valence-corrected chi connectivity index (χ4v) is 3.48. The number of esters is 1. The lowest BCUT2D eigenvalue weighted by Crippen LogP contribution is -2.45. The van der Waals surface area contributed by atoms with Crippen LogP contribution in [-0.2, 0) is 14.3 Å². The van der Waals surface area contributed by atoms with E-state index in [0.29, 0.717) is 36.5 Å². The highest BCUT2D eigenvalue weighted by Crippen LogP contribution is 2.21. The number of ether oxygens (including phenoxy) is 1. The molecule has 2 atom stereocenters. The SMILES string of the molecule is C[C@H](OC(=O)[C@H]1CCCN(C(=O)c2ccc(Cl)cc2)C1)C(=O)N1CCNC1=O. The Morgan fingerprint density at radius 2 is 1.93 bits per heavy atom. The second kappa shape index (κ2) is 8.60. The van der Waals surface area contributed by atoms with Crippen molar-refractivity contribution in [1.82, 2.24) is 15.1 Å². The highest BCUT2D eigenvalue weighted by Gasteiger charge is 2.35. The van der Waals surface area contributed by atoms with Gasteiger partial charge in [0.1, 0.15) is 0 Å². The molecule has 9 heteroatoms. The summed E-state index contributed by atoms with van der Waals surface area (Å²) in [7, 11) is 0. The van der Waals surface area contributed by atoms with Crippen LogP contribution in [0.5, 0.6) is 0 Å². The zero-order valence-corrected chi connectivity index (χ0v) is 16.3.